The van der Waals surface area contributed by atoms with Gasteiger partial charge in [-0.2, -0.15) is 26.3 Å². The molecule has 0 N–H and O–H groups in total. The second-order valence-corrected chi connectivity index (χ2v) is 7.20. The molecule has 0 radical (unpaired) electrons. The maximum Gasteiger partial charge on any atom is 0.416 e. The van der Waals surface area contributed by atoms with Crippen molar-refractivity contribution in [1.29, 1.82) is 0 Å². The minimum absolute atomic E-state index is 0.0108. The van der Waals surface area contributed by atoms with Crippen LogP contribution in [0.3, 0.4) is 0 Å². The molecule has 2 aromatic rings. The standard InChI is InChI=1S/C19H17F6N5O2/c1-11(2)30-16(32)4-6-29(30)15(31)3-5-28-10-26-17(27-28)12-7-13(18(20,21)22)9-14(8-12)19(23,24)25/h3,5,7-11H,4,6H2,1-2H3/b5-3-. The van der Waals surface area contributed by atoms with E-state index >= 15 is 0 Å². The summed E-state index contributed by atoms with van der Waals surface area (Å²) >= 11 is 0. The molecule has 0 aliphatic carbocycles. The first kappa shape index (κ1) is 23.3. The number of carbonyl (C=O) groups is 2. The minimum atomic E-state index is -5.00. The number of benzene rings is 1. The van der Waals surface area contributed by atoms with Crippen molar-refractivity contribution < 1.29 is 35.9 Å². The quantitative estimate of drug-likeness (QED) is 0.513. The summed E-state index contributed by atoms with van der Waals surface area (Å²) in [4.78, 5) is 28.0. The van der Waals surface area contributed by atoms with Crippen LogP contribution in [0.2, 0.25) is 0 Å². The summed E-state index contributed by atoms with van der Waals surface area (Å²) < 4.78 is 79.2. The molecule has 0 atom stereocenters. The Morgan fingerprint density at radius 2 is 1.66 bits per heavy atom. The van der Waals surface area contributed by atoms with E-state index < -0.39 is 35.0 Å². The van der Waals surface area contributed by atoms with Crippen molar-refractivity contribution in [2.75, 3.05) is 6.54 Å². The third-order valence-electron chi connectivity index (χ3n) is 4.52. The van der Waals surface area contributed by atoms with Crippen molar-refractivity contribution in [2.45, 2.75) is 38.7 Å². The van der Waals surface area contributed by atoms with E-state index in [4.69, 9.17) is 0 Å². The summed E-state index contributed by atoms with van der Waals surface area (Å²) in [6.07, 6.45) is -6.59. The topological polar surface area (TPSA) is 71.3 Å². The molecule has 172 valence electrons. The Hall–Kier alpha value is -3.38. The first-order chi connectivity index (χ1) is 14.8. The Balaban J connectivity index is 1.86. The number of hydrogen-bond donors (Lipinski definition) is 0. The van der Waals surface area contributed by atoms with Crippen molar-refractivity contribution in [3.8, 4) is 11.4 Å². The van der Waals surface area contributed by atoms with Crippen molar-refractivity contribution in [3.63, 3.8) is 0 Å². The summed E-state index contributed by atoms with van der Waals surface area (Å²) in [6.45, 7) is 3.66. The van der Waals surface area contributed by atoms with Gasteiger partial charge in [0, 0.05) is 30.3 Å². The molecule has 32 heavy (non-hydrogen) atoms. The molecule has 13 heteroatoms. The lowest BCUT2D eigenvalue weighted by Gasteiger charge is -2.30. The van der Waals surface area contributed by atoms with Crippen molar-refractivity contribution >= 4 is 18.0 Å². The van der Waals surface area contributed by atoms with E-state index in [1.807, 2.05) is 0 Å². The van der Waals surface area contributed by atoms with Gasteiger partial charge < -0.3 is 0 Å². The van der Waals surface area contributed by atoms with Crippen LogP contribution >= 0.6 is 0 Å². The van der Waals surface area contributed by atoms with E-state index in [0.717, 1.165) is 23.3 Å². The van der Waals surface area contributed by atoms with Gasteiger partial charge in [-0.05, 0) is 32.0 Å². The molecule has 0 saturated carbocycles. The third kappa shape index (κ3) is 4.92. The monoisotopic (exact) mass is 461 g/mol. The average Bonchev–Trinajstić information content (AvgIpc) is 3.31. The molecule has 1 aliphatic heterocycles. The second kappa shape index (κ2) is 8.28. The normalized spacial score (nSPS) is 15.5. The number of alkyl halides is 6. The summed E-state index contributed by atoms with van der Waals surface area (Å²) in [5.74, 6) is -1.14. The van der Waals surface area contributed by atoms with Crippen LogP contribution in [-0.4, -0.2) is 49.2 Å². The zero-order chi connectivity index (χ0) is 23.8. The highest BCUT2D eigenvalue weighted by atomic mass is 19.4. The highest BCUT2D eigenvalue weighted by Gasteiger charge is 2.37. The summed E-state index contributed by atoms with van der Waals surface area (Å²) in [6, 6.07) is 0.793. The van der Waals surface area contributed by atoms with Crippen LogP contribution in [0, 0.1) is 0 Å². The maximum atomic E-state index is 13.0. The van der Waals surface area contributed by atoms with Crippen LogP contribution < -0.4 is 0 Å². The average molecular weight is 461 g/mol. The van der Waals surface area contributed by atoms with Crippen LogP contribution in [0.15, 0.2) is 30.6 Å². The number of carbonyl (C=O) groups excluding carboxylic acids is 2. The first-order valence-electron chi connectivity index (χ1n) is 9.30. The molecule has 0 spiro atoms. The molecule has 3 rings (SSSR count). The third-order valence-corrected chi connectivity index (χ3v) is 4.52. The van der Waals surface area contributed by atoms with Gasteiger partial charge in [-0.3, -0.25) is 9.59 Å². The van der Waals surface area contributed by atoms with Gasteiger partial charge in [0.05, 0.1) is 17.7 Å². The van der Waals surface area contributed by atoms with E-state index in [9.17, 15) is 35.9 Å². The number of hydrogen-bond acceptors (Lipinski definition) is 4. The Morgan fingerprint density at radius 3 is 2.19 bits per heavy atom. The number of rotatable bonds is 4. The molecule has 2 heterocycles. The number of nitrogens with zero attached hydrogens (tertiary/aromatic N) is 5. The molecular formula is C19H17F6N5O2. The first-order valence-corrected chi connectivity index (χ1v) is 9.30. The lowest BCUT2D eigenvalue weighted by molar-refractivity contribution is -0.153. The SMILES string of the molecule is CC(C)N1C(=O)CCN1C(=O)/C=C\n1cnc(-c2cc(C(F)(F)F)cc(C(F)(F)F)c2)n1. The van der Waals surface area contributed by atoms with Crippen LogP contribution in [0.25, 0.3) is 17.6 Å². The van der Waals surface area contributed by atoms with E-state index in [1.54, 1.807) is 13.8 Å². The van der Waals surface area contributed by atoms with Crippen LogP contribution in [0.1, 0.15) is 31.4 Å². The number of aromatic nitrogens is 3. The van der Waals surface area contributed by atoms with Crippen LogP contribution in [0.4, 0.5) is 26.3 Å². The molecule has 0 bridgehead atoms. The lowest BCUT2D eigenvalue weighted by atomic mass is 10.0. The predicted octanol–water partition coefficient (Wildman–Crippen LogP) is 3.84. The van der Waals surface area contributed by atoms with Crippen molar-refractivity contribution in [2.24, 2.45) is 0 Å². The van der Waals surface area contributed by atoms with Crippen LogP contribution in [-0.2, 0) is 21.9 Å². The summed E-state index contributed by atoms with van der Waals surface area (Å²) in [7, 11) is 0. The highest BCUT2D eigenvalue weighted by Crippen LogP contribution is 2.38. The largest absolute Gasteiger partial charge is 0.416 e. The van der Waals surface area contributed by atoms with E-state index in [2.05, 4.69) is 10.1 Å². The molecule has 1 fully saturated rings. The molecule has 1 aromatic carbocycles. The van der Waals surface area contributed by atoms with E-state index in [1.165, 1.54) is 10.0 Å². The number of amides is 2. The zero-order valence-electron chi connectivity index (χ0n) is 16.8. The smallest absolute Gasteiger partial charge is 0.273 e. The number of hydrazine groups is 1. The second-order valence-electron chi connectivity index (χ2n) is 7.20. The van der Waals surface area contributed by atoms with Crippen molar-refractivity contribution in [1.82, 2.24) is 24.8 Å². The molecule has 0 unspecified atom stereocenters. The predicted molar refractivity (Wildman–Crippen MR) is 99.1 cm³/mol. The van der Waals surface area contributed by atoms with Crippen LogP contribution in [0.5, 0.6) is 0 Å². The van der Waals surface area contributed by atoms with Gasteiger partial charge in [0.15, 0.2) is 5.82 Å². The van der Waals surface area contributed by atoms with Gasteiger partial charge in [-0.25, -0.2) is 19.7 Å². The zero-order valence-corrected chi connectivity index (χ0v) is 16.8. The van der Waals surface area contributed by atoms with Gasteiger partial charge in [0.25, 0.3) is 5.91 Å². The Kier molecular flexibility index (Phi) is 6.03. The Bertz CT molecular complexity index is 1020. The minimum Gasteiger partial charge on any atom is -0.273 e. The molecule has 1 aliphatic rings. The van der Waals surface area contributed by atoms with E-state index in [-0.39, 0.29) is 36.8 Å². The van der Waals surface area contributed by atoms with Gasteiger partial charge in [0.1, 0.15) is 6.33 Å². The fraction of sp³-hybridized carbons (Fsp3) is 0.368. The van der Waals surface area contributed by atoms with Crippen molar-refractivity contribution in [3.05, 3.63) is 41.7 Å². The highest BCUT2D eigenvalue weighted by molar-refractivity contribution is 5.93. The fourth-order valence-corrected chi connectivity index (χ4v) is 3.13. The van der Waals surface area contributed by atoms with Gasteiger partial charge in [0.2, 0.25) is 5.91 Å². The summed E-state index contributed by atoms with van der Waals surface area (Å²) in [5, 5.41) is 6.37. The van der Waals surface area contributed by atoms with E-state index in [0.29, 0.717) is 12.1 Å². The molecule has 2 amide bonds. The molecular weight excluding hydrogens is 444 g/mol. The molecule has 1 aromatic heterocycles. The molecule has 1 saturated heterocycles. The van der Waals surface area contributed by atoms with Gasteiger partial charge >= 0.3 is 12.4 Å². The fourth-order valence-electron chi connectivity index (χ4n) is 3.13. The van der Waals surface area contributed by atoms with Gasteiger partial charge in [-0.15, -0.1) is 5.10 Å². The Labute approximate surface area is 177 Å². The van der Waals surface area contributed by atoms with Gasteiger partial charge in [-0.1, -0.05) is 0 Å². The summed E-state index contributed by atoms with van der Waals surface area (Å²) in [5.41, 5.74) is -3.46. The Morgan fingerprint density at radius 1 is 1.06 bits per heavy atom. The molecule has 7 nitrogen and oxygen atoms in total. The number of halogens is 6. The lowest BCUT2D eigenvalue weighted by Crippen LogP contribution is -2.46. The maximum absolute atomic E-state index is 13.0.